The van der Waals surface area contributed by atoms with E-state index in [9.17, 15) is 4.79 Å². The quantitative estimate of drug-likeness (QED) is 0.740. The van der Waals surface area contributed by atoms with Crippen LogP contribution in [-0.4, -0.2) is 17.4 Å². The van der Waals surface area contributed by atoms with E-state index in [1.54, 1.807) is 6.20 Å². The molecule has 1 aromatic heterocycles. The van der Waals surface area contributed by atoms with Gasteiger partial charge in [0.1, 0.15) is 0 Å². The lowest BCUT2D eigenvalue weighted by Crippen LogP contribution is -2.39. The first-order valence-electron chi connectivity index (χ1n) is 6.72. The maximum absolute atomic E-state index is 12.2. The van der Waals surface area contributed by atoms with Gasteiger partial charge in [-0.2, -0.15) is 0 Å². The number of rotatable bonds is 3. The van der Waals surface area contributed by atoms with Gasteiger partial charge >= 0.3 is 0 Å². The molecule has 100 valence electrons. The maximum atomic E-state index is 12.2. The topological polar surface area (TPSA) is 70.9 Å². The second-order valence-electron chi connectivity index (χ2n) is 5.85. The third kappa shape index (κ3) is 2.18. The van der Waals surface area contributed by atoms with Crippen LogP contribution in [-0.2, 0) is 0 Å². The van der Waals surface area contributed by atoms with Crippen molar-refractivity contribution in [1.29, 1.82) is 0 Å². The molecule has 1 aliphatic carbocycles. The van der Waals surface area contributed by atoms with Crippen molar-refractivity contribution in [2.24, 2.45) is 5.41 Å². The molecule has 4 nitrogen and oxygen atoms in total. The van der Waals surface area contributed by atoms with E-state index in [1.807, 2.05) is 18.2 Å². The van der Waals surface area contributed by atoms with Gasteiger partial charge in [0.05, 0.1) is 5.56 Å². The van der Waals surface area contributed by atoms with Crippen LogP contribution in [0.4, 0.5) is 5.69 Å². The molecule has 0 bridgehead atoms. The van der Waals surface area contributed by atoms with Crippen LogP contribution in [0.15, 0.2) is 24.4 Å². The molecule has 1 amide bonds. The predicted molar refractivity (Wildman–Crippen MR) is 77.0 cm³/mol. The van der Waals surface area contributed by atoms with Crippen LogP contribution >= 0.6 is 0 Å². The number of carbonyl (C=O) groups is 1. The molecule has 0 radical (unpaired) electrons. The van der Waals surface area contributed by atoms with Gasteiger partial charge in [0.2, 0.25) is 0 Å². The number of anilines is 1. The molecular formula is C15H19N3O. The van der Waals surface area contributed by atoms with E-state index in [0.29, 0.717) is 16.7 Å². The van der Waals surface area contributed by atoms with Gasteiger partial charge in [-0.15, -0.1) is 0 Å². The highest BCUT2D eigenvalue weighted by Crippen LogP contribution is 2.39. The predicted octanol–water partition coefficient (Wildman–Crippen LogP) is 2.67. The molecule has 19 heavy (non-hydrogen) atoms. The molecule has 4 heteroatoms. The molecule has 0 spiro atoms. The van der Waals surface area contributed by atoms with Crippen molar-refractivity contribution in [3.05, 3.63) is 30.0 Å². The smallest absolute Gasteiger partial charge is 0.253 e. The Morgan fingerprint density at radius 3 is 2.95 bits per heavy atom. The number of benzene rings is 1. The summed E-state index contributed by atoms with van der Waals surface area (Å²) in [4.78, 5) is 15.4. The highest BCUT2D eigenvalue weighted by Gasteiger charge is 2.32. The summed E-state index contributed by atoms with van der Waals surface area (Å²) in [5.74, 6) is -0.0232. The first-order valence-corrected chi connectivity index (χ1v) is 6.72. The highest BCUT2D eigenvalue weighted by molar-refractivity contribution is 6.07. The lowest BCUT2D eigenvalue weighted by Gasteiger charge is -2.38. The van der Waals surface area contributed by atoms with Gasteiger partial charge in [-0.25, -0.2) is 0 Å². The second-order valence-corrected chi connectivity index (χ2v) is 5.85. The Morgan fingerprint density at radius 2 is 2.26 bits per heavy atom. The number of nitrogen functional groups attached to an aromatic ring is 1. The number of fused-ring (bicyclic) bond motifs is 1. The summed E-state index contributed by atoms with van der Waals surface area (Å²) >= 11 is 0. The number of H-pyrrole nitrogens is 1. The zero-order valence-corrected chi connectivity index (χ0v) is 11.1. The Balaban J connectivity index is 1.79. The van der Waals surface area contributed by atoms with Crippen molar-refractivity contribution in [3.8, 4) is 0 Å². The van der Waals surface area contributed by atoms with Gasteiger partial charge in [-0.05, 0) is 36.5 Å². The van der Waals surface area contributed by atoms with Crippen molar-refractivity contribution < 1.29 is 4.79 Å². The zero-order chi connectivity index (χ0) is 13.5. The highest BCUT2D eigenvalue weighted by atomic mass is 16.1. The Morgan fingerprint density at radius 1 is 1.47 bits per heavy atom. The van der Waals surface area contributed by atoms with Crippen molar-refractivity contribution in [1.82, 2.24) is 10.3 Å². The van der Waals surface area contributed by atoms with Gasteiger partial charge in [0, 0.05) is 29.3 Å². The summed E-state index contributed by atoms with van der Waals surface area (Å²) in [6.45, 7) is 2.98. The van der Waals surface area contributed by atoms with Crippen LogP contribution in [0.3, 0.4) is 0 Å². The number of hydrogen-bond donors (Lipinski definition) is 3. The number of nitrogens with one attached hydrogen (secondary N) is 2. The molecule has 1 fully saturated rings. The molecule has 1 aromatic carbocycles. The van der Waals surface area contributed by atoms with E-state index in [1.165, 1.54) is 19.3 Å². The second kappa shape index (κ2) is 4.30. The summed E-state index contributed by atoms with van der Waals surface area (Å²) in [5, 5.41) is 3.92. The number of aromatic nitrogens is 1. The van der Waals surface area contributed by atoms with Gasteiger partial charge in [0.25, 0.3) is 5.91 Å². The summed E-state index contributed by atoms with van der Waals surface area (Å²) in [5.41, 5.74) is 8.36. The van der Waals surface area contributed by atoms with Crippen LogP contribution in [0, 0.1) is 5.41 Å². The lowest BCUT2D eigenvalue weighted by atomic mass is 9.70. The number of nitrogens with two attached hydrogens (primary N) is 1. The lowest BCUT2D eigenvalue weighted by molar-refractivity contribution is 0.0892. The molecule has 3 rings (SSSR count). The fourth-order valence-electron chi connectivity index (χ4n) is 2.67. The van der Waals surface area contributed by atoms with Crippen molar-refractivity contribution in [2.45, 2.75) is 26.2 Å². The normalized spacial score (nSPS) is 17.1. The van der Waals surface area contributed by atoms with Crippen LogP contribution in [0.25, 0.3) is 10.9 Å². The molecular weight excluding hydrogens is 238 g/mol. The Labute approximate surface area is 112 Å². The van der Waals surface area contributed by atoms with Crippen molar-refractivity contribution >= 4 is 22.5 Å². The largest absolute Gasteiger partial charge is 0.399 e. The number of hydrogen-bond acceptors (Lipinski definition) is 2. The third-order valence-corrected chi connectivity index (χ3v) is 4.19. The third-order valence-electron chi connectivity index (χ3n) is 4.19. The minimum absolute atomic E-state index is 0.0232. The van der Waals surface area contributed by atoms with Crippen LogP contribution in [0.2, 0.25) is 0 Å². The Hall–Kier alpha value is -1.97. The number of aromatic amines is 1. The molecule has 2 aromatic rings. The van der Waals surface area contributed by atoms with Gasteiger partial charge < -0.3 is 16.0 Å². The number of amides is 1. The molecule has 0 unspecified atom stereocenters. The maximum Gasteiger partial charge on any atom is 0.253 e. The molecule has 0 aliphatic heterocycles. The van der Waals surface area contributed by atoms with Crippen LogP contribution < -0.4 is 11.1 Å². The zero-order valence-electron chi connectivity index (χ0n) is 11.1. The molecule has 0 atom stereocenters. The summed E-state index contributed by atoms with van der Waals surface area (Å²) < 4.78 is 0. The van der Waals surface area contributed by atoms with E-state index < -0.39 is 0 Å². The van der Waals surface area contributed by atoms with Gasteiger partial charge in [-0.3, -0.25) is 4.79 Å². The van der Waals surface area contributed by atoms with Crippen LogP contribution in [0.1, 0.15) is 36.5 Å². The Bertz CT molecular complexity index is 625. The van der Waals surface area contributed by atoms with Crippen molar-refractivity contribution in [2.75, 3.05) is 12.3 Å². The molecule has 1 aliphatic rings. The number of carbonyl (C=O) groups excluding carboxylic acids is 1. The monoisotopic (exact) mass is 257 g/mol. The van der Waals surface area contributed by atoms with E-state index >= 15 is 0 Å². The SMILES string of the molecule is CC1(CNC(=O)c2c[nH]c3ccc(N)cc23)CCC1. The van der Waals surface area contributed by atoms with Gasteiger partial charge in [0.15, 0.2) is 0 Å². The van der Waals surface area contributed by atoms with E-state index in [-0.39, 0.29) is 5.91 Å². The average Bonchev–Trinajstić information content (AvgIpc) is 2.76. The summed E-state index contributed by atoms with van der Waals surface area (Å²) in [6, 6.07) is 5.57. The van der Waals surface area contributed by atoms with E-state index in [4.69, 9.17) is 5.73 Å². The fourth-order valence-corrected chi connectivity index (χ4v) is 2.67. The minimum Gasteiger partial charge on any atom is -0.399 e. The first-order chi connectivity index (χ1) is 9.07. The van der Waals surface area contributed by atoms with Crippen molar-refractivity contribution in [3.63, 3.8) is 0 Å². The summed E-state index contributed by atoms with van der Waals surface area (Å²) in [6.07, 6.45) is 5.43. The standard InChI is InChI=1S/C15H19N3O/c1-15(5-2-6-15)9-18-14(19)12-8-17-13-4-3-10(16)7-11(12)13/h3-4,7-8,17H,2,5-6,9,16H2,1H3,(H,18,19). The average molecular weight is 257 g/mol. The first kappa shape index (κ1) is 12.1. The minimum atomic E-state index is -0.0232. The molecule has 0 saturated heterocycles. The molecule has 1 heterocycles. The summed E-state index contributed by atoms with van der Waals surface area (Å²) in [7, 11) is 0. The van der Waals surface area contributed by atoms with E-state index in [0.717, 1.165) is 17.4 Å². The fraction of sp³-hybridized carbons (Fsp3) is 0.400. The van der Waals surface area contributed by atoms with Crippen LogP contribution in [0.5, 0.6) is 0 Å². The van der Waals surface area contributed by atoms with E-state index in [2.05, 4.69) is 17.2 Å². The van der Waals surface area contributed by atoms with Gasteiger partial charge in [-0.1, -0.05) is 13.3 Å². The Kier molecular flexibility index (Phi) is 2.73. The molecule has 1 saturated carbocycles. The molecule has 4 N–H and O–H groups in total.